The van der Waals surface area contributed by atoms with E-state index in [9.17, 15) is 4.79 Å². The van der Waals surface area contributed by atoms with Gasteiger partial charge in [-0.1, -0.05) is 0 Å². The van der Waals surface area contributed by atoms with Gasteiger partial charge in [-0.15, -0.1) is 11.6 Å². The fourth-order valence-corrected chi connectivity index (χ4v) is 0.0781. The standard InChI is InChI=1S/C3H7NO3.CH3Cl/c4-2(1-5)3(6)7;1-2/h2,5H,1,4H2,(H,6,7);1H3/t2-;/m1./s1. The van der Waals surface area contributed by atoms with Crippen molar-refractivity contribution in [1.29, 1.82) is 0 Å². The summed E-state index contributed by atoms with van der Waals surface area (Å²) in [6, 6.07) is -1.13. The molecular weight excluding hydrogens is 146 g/mol. The van der Waals surface area contributed by atoms with Crippen LogP contribution in [0.15, 0.2) is 0 Å². The minimum absolute atomic E-state index is 0.505. The highest BCUT2D eigenvalue weighted by Gasteiger charge is 2.06. The molecule has 0 bridgehead atoms. The lowest BCUT2D eigenvalue weighted by atomic mass is 10.3. The van der Waals surface area contributed by atoms with Gasteiger partial charge in [0.2, 0.25) is 0 Å². The molecule has 9 heavy (non-hydrogen) atoms. The summed E-state index contributed by atoms with van der Waals surface area (Å²) in [4.78, 5) is 9.65. The van der Waals surface area contributed by atoms with Gasteiger partial charge in [0.05, 0.1) is 6.61 Å². The van der Waals surface area contributed by atoms with Crippen molar-refractivity contribution in [3.8, 4) is 0 Å². The molecular formula is C4H10ClNO3. The number of carboxylic acids is 1. The van der Waals surface area contributed by atoms with Crippen molar-refractivity contribution in [2.75, 3.05) is 13.0 Å². The van der Waals surface area contributed by atoms with Crippen LogP contribution in [0.2, 0.25) is 0 Å². The number of alkyl halides is 1. The van der Waals surface area contributed by atoms with Crippen LogP contribution in [0.5, 0.6) is 0 Å². The fourth-order valence-electron chi connectivity index (χ4n) is 0.0781. The average Bonchev–Trinajstić information content (AvgIpc) is 1.91. The van der Waals surface area contributed by atoms with E-state index in [4.69, 9.17) is 15.9 Å². The van der Waals surface area contributed by atoms with E-state index in [0.29, 0.717) is 0 Å². The number of rotatable bonds is 2. The molecule has 0 unspecified atom stereocenters. The monoisotopic (exact) mass is 155 g/mol. The van der Waals surface area contributed by atoms with Crippen LogP contribution in [0.25, 0.3) is 0 Å². The Morgan fingerprint density at radius 1 is 1.78 bits per heavy atom. The number of hydrogen-bond acceptors (Lipinski definition) is 3. The summed E-state index contributed by atoms with van der Waals surface area (Å²) in [5.74, 6) is -1.18. The summed E-state index contributed by atoms with van der Waals surface area (Å²) in [5, 5.41) is 15.9. The van der Waals surface area contributed by atoms with E-state index >= 15 is 0 Å². The molecule has 4 N–H and O–H groups in total. The molecule has 0 heterocycles. The highest BCUT2D eigenvalue weighted by Crippen LogP contribution is 1.71. The van der Waals surface area contributed by atoms with E-state index in [1.54, 1.807) is 0 Å². The Hall–Kier alpha value is -0.320. The van der Waals surface area contributed by atoms with Crippen LogP contribution in [0, 0.1) is 0 Å². The van der Waals surface area contributed by atoms with Gasteiger partial charge in [0, 0.05) is 6.38 Å². The van der Waals surface area contributed by atoms with E-state index in [-0.39, 0.29) is 0 Å². The molecule has 0 fully saturated rings. The lowest BCUT2D eigenvalue weighted by Crippen LogP contribution is -2.33. The van der Waals surface area contributed by atoms with Crippen molar-refractivity contribution in [3.63, 3.8) is 0 Å². The predicted octanol–water partition coefficient (Wildman–Crippen LogP) is -0.754. The van der Waals surface area contributed by atoms with E-state index in [1.165, 1.54) is 6.38 Å². The second kappa shape index (κ2) is 7.68. The summed E-state index contributed by atoms with van der Waals surface area (Å²) in [6.07, 6.45) is 1.47. The maximum atomic E-state index is 9.65. The molecule has 4 nitrogen and oxygen atoms in total. The van der Waals surface area contributed by atoms with Crippen LogP contribution in [-0.2, 0) is 4.79 Å². The molecule has 0 saturated carbocycles. The fraction of sp³-hybridized carbons (Fsp3) is 0.750. The second-order valence-electron chi connectivity index (χ2n) is 1.13. The van der Waals surface area contributed by atoms with Gasteiger partial charge < -0.3 is 15.9 Å². The molecule has 0 aliphatic carbocycles. The molecule has 0 amide bonds. The SMILES string of the molecule is CCl.N[C@H](CO)C(=O)O. The third-order valence-electron chi connectivity index (χ3n) is 0.514. The Labute approximate surface area is 58.2 Å². The minimum Gasteiger partial charge on any atom is -0.480 e. The topological polar surface area (TPSA) is 83.5 Å². The molecule has 0 rings (SSSR count). The van der Waals surface area contributed by atoms with Crippen LogP contribution in [0.3, 0.4) is 0 Å². The molecule has 0 aromatic carbocycles. The minimum atomic E-state index is -1.18. The lowest BCUT2D eigenvalue weighted by Gasteiger charge is -1.96. The Balaban J connectivity index is 0. The summed E-state index contributed by atoms with van der Waals surface area (Å²) < 4.78 is 0. The molecule has 0 aliphatic rings. The van der Waals surface area contributed by atoms with Crippen molar-refractivity contribution in [2.24, 2.45) is 5.73 Å². The number of aliphatic carboxylic acids is 1. The number of hydrogen-bond donors (Lipinski definition) is 3. The highest BCUT2D eigenvalue weighted by atomic mass is 35.5. The van der Waals surface area contributed by atoms with Crippen LogP contribution in [0.1, 0.15) is 0 Å². The van der Waals surface area contributed by atoms with Crippen molar-refractivity contribution >= 4 is 17.6 Å². The van der Waals surface area contributed by atoms with E-state index in [1.807, 2.05) is 0 Å². The van der Waals surface area contributed by atoms with Gasteiger partial charge in [0.1, 0.15) is 6.04 Å². The van der Waals surface area contributed by atoms with Crippen LogP contribution < -0.4 is 5.73 Å². The summed E-state index contributed by atoms with van der Waals surface area (Å²) >= 11 is 4.64. The number of nitrogens with two attached hydrogens (primary N) is 1. The molecule has 0 aromatic heterocycles. The van der Waals surface area contributed by atoms with Crippen molar-refractivity contribution in [3.05, 3.63) is 0 Å². The van der Waals surface area contributed by atoms with Gasteiger partial charge >= 0.3 is 5.97 Å². The first-order valence-electron chi connectivity index (χ1n) is 2.15. The largest absolute Gasteiger partial charge is 0.480 e. The van der Waals surface area contributed by atoms with Crippen molar-refractivity contribution < 1.29 is 15.0 Å². The molecule has 5 heteroatoms. The maximum absolute atomic E-state index is 9.65. The predicted molar refractivity (Wildman–Crippen MR) is 34.5 cm³/mol. The first kappa shape index (κ1) is 11.5. The first-order chi connectivity index (χ1) is 4.18. The third-order valence-corrected chi connectivity index (χ3v) is 0.514. The molecule has 1 atom stereocenters. The van der Waals surface area contributed by atoms with Gasteiger partial charge in [0.15, 0.2) is 0 Å². The number of aliphatic hydroxyl groups is 1. The smallest absolute Gasteiger partial charge is 0.322 e. The lowest BCUT2D eigenvalue weighted by molar-refractivity contribution is -0.139. The number of aliphatic hydroxyl groups excluding tert-OH is 1. The zero-order valence-electron chi connectivity index (χ0n) is 5.04. The van der Waals surface area contributed by atoms with Crippen LogP contribution in [0.4, 0.5) is 0 Å². The zero-order valence-corrected chi connectivity index (χ0v) is 5.80. The summed E-state index contributed by atoms with van der Waals surface area (Å²) in [5.41, 5.74) is 4.77. The van der Waals surface area contributed by atoms with E-state index < -0.39 is 18.6 Å². The Kier molecular flexibility index (Phi) is 9.79. The Bertz CT molecular complexity index is 78.2. The van der Waals surface area contributed by atoms with E-state index in [2.05, 4.69) is 11.6 Å². The second-order valence-corrected chi connectivity index (χ2v) is 1.13. The van der Waals surface area contributed by atoms with Gasteiger partial charge in [-0.25, -0.2) is 0 Å². The molecule has 0 aromatic rings. The van der Waals surface area contributed by atoms with Gasteiger partial charge in [0.25, 0.3) is 0 Å². The van der Waals surface area contributed by atoms with Gasteiger partial charge in [-0.3, -0.25) is 4.79 Å². The van der Waals surface area contributed by atoms with E-state index in [0.717, 1.165) is 0 Å². The molecule has 56 valence electrons. The number of carbonyl (C=O) groups is 1. The third kappa shape index (κ3) is 7.68. The first-order valence-corrected chi connectivity index (χ1v) is 2.91. The number of halogens is 1. The van der Waals surface area contributed by atoms with Crippen molar-refractivity contribution in [2.45, 2.75) is 6.04 Å². The van der Waals surface area contributed by atoms with Crippen LogP contribution >= 0.6 is 11.6 Å². The van der Waals surface area contributed by atoms with Crippen LogP contribution in [-0.4, -0.2) is 35.2 Å². The normalized spacial score (nSPS) is 11.1. The van der Waals surface area contributed by atoms with Crippen molar-refractivity contribution in [1.82, 2.24) is 0 Å². The quantitative estimate of drug-likeness (QED) is 0.458. The molecule has 0 spiro atoms. The number of carboxylic acid groups (broad SMARTS) is 1. The highest BCUT2D eigenvalue weighted by molar-refractivity contribution is 6.15. The maximum Gasteiger partial charge on any atom is 0.322 e. The van der Waals surface area contributed by atoms with Gasteiger partial charge in [-0.2, -0.15) is 0 Å². The Morgan fingerprint density at radius 2 is 2.11 bits per heavy atom. The molecule has 0 aliphatic heterocycles. The zero-order chi connectivity index (χ0) is 7.86. The summed E-state index contributed by atoms with van der Waals surface area (Å²) in [6.45, 7) is -0.505. The molecule has 0 saturated heterocycles. The Morgan fingerprint density at radius 3 is 2.11 bits per heavy atom. The molecule has 0 radical (unpaired) electrons. The van der Waals surface area contributed by atoms with Gasteiger partial charge in [-0.05, 0) is 0 Å². The summed E-state index contributed by atoms with van der Waals surface area (Å²) in [7, 11) is 0. The average molecular weight is 156 g/mol.